The lowest BCUT2D eigenvalue weighted by molar-refractivity contribution is -0.137. The van der Waals surface area contributed by atoms with Gasteiger partial charge in [-0.25, -0.2) is 4.79 Å². The molecule has 2 aromatic carbocycles. The van der Waals surface area contributed by atoms with Gasteiger partial charge in [-0.05, 0) is 61.6 Å². The van der Waals surface area contributed by atoms with Crippen LogP contribution in [0, 0.1) is 5.92 Å². The molecule has 0 spiro atoms. The van der Waals surface area contributed by atoms with Gasteiger partial charge in [0.15, 0.2) is 0 Å². The van der Waals surface area contributed by atoms with E-state index in [-0.39, 0.29) is 23.1 Å². The molecule has 36 heavy (non-hydrogen) atoms. The van der Waals surface area contributed by atoms with Crippen LogP contribution in [0.2, 0.25) is 0 Å². The van der Waals surface area contributed by atoms with Crippen molar-refractivity contribution in [1.29, 1.82) is 0 Å². The quantitative estimate of drug-likeness (QED) is 0.533. The molecule has 0 radical (unpaired) electrons. The van der Waals surface area contributed by atoms with Gasteiger partial charge in [-0.1, -0.05) is 13.8 Å². The third-order valence-electron chi connectivity index (χ3n) is 6.00. The van der Waals surface area contributed by atoms with Gasteiger partial charge in [-0.2, -0.15) is 13.2 Å². The molecule has 1 heterocycles. The summed E-state index contributed by atoms with van der Waals surface area (Å²) in [6.45, 7) is 4.63. The van der Waals surface area contributed by atoms with Crippen LogP contribution >= 0.6 is 0 Å². The number of hydrogen-bond acceptors (Lipinski definition) is 4. The number of anilines is 1. The van der Waals surface area contributed by atoms with Gasteiger partial charge >= 0.3 is 12.2 Å². The summed E-state index contributed by atoms with van der Waals surface area (Å²) in [7, 11) is 3.22. The number of piperidine rings is 1. The Hall–Kier alpha value is -3.27. The monoisotopic (exact) mass is 507 g/mol. The predicted octanol–water partition coefficient (Wildman–Crippen LogP) is 5.60. The number of rotatable bonds is 6. The summed E-state index contributed by atoms with van der Waals surface area (Å²) in [5.41, 5.74) is -1.47. The van der Waals surface area contributed by atoms with E-state index in [9.17, 15) is 27.9 Å². The number of amides is 3. The fourth-order valence-electron chi connectivity index (χ4n) is 4.25. The molecule has 0 saturated carbocycles. The van der Waals surface area contributed by atoms with Crippen LogP contribution in [0.15, 0.2) is 42.5 Å². The number of halogens is 3. The van der Waals surface area contributed by atoms with Crippen molar-refractivity contribution in [3.8, 4) is 11.5 Å². The van der Waals surface area contributed by atoms with Gasteiger partial charge in [0.2, 0.25) is 0 Å². The maximum absolute atomic E-state index is 13.5. The third kappa shape index (κ3) is 7.13. The number of likely N-dealkylation sites (tertiary alicyclic amines) is 1. The summed E-state index contributed by atoms with van der Waals surface area (Å²) in [6.07, 6.45) is -3.22. The number of carbonyl (C=O) groups is 2. The number of alkyl halides is 3. The Morgan fingerprint density at radius 2 is 1.69 bits per heavy atom. The zero-order chi connectivity index (χ0) is 26.7. The second-order valence-corrected chi connectivity index (χ2v) is 9.81. The number of carbonyl (C=O) groups excluding carboxylic acids is 2. The molecule has 7 nitrogen and oxygen atoms in total. The summed E-state index contributed by atoms with van der Waals surface area (Å²) >= 11 is 0. The molecule has 3 amide bonds. The highest BCUT2D eigenvalue weighted by Gasteiger charge is 2.35. The van der Waals surface area contributed by atoms with Gasteiger partial charge in [-0.3, -0.25) is 4.79 Å². The van der Waals surface area contributed by atoms with Gasteiger partial charge in [0.1, 0.15) is 11.5 Å². The predicted molar refractivity (Wildman–Crippen MR) is 130 cm³/mol. The lowest BCUT2D eigenvalue weighted by Gasteiger charge is -2.39. The number of urea groups is 1. The highest BCUT2D eigenvalue weighted by Crippen LogP contribution is 2.36. The highest BCUT2D eigenvalue weighted by atomic mass is 19.4. The summed E-state index contributed by atoms with van der Waals surface area (Å²) in [6, 6.07) is 8.48. The molecule has 1 saturated heterocycles. The lowest BCUT2D eigenvalue weighted by atomic mass is 9.84. The Morgan fingerprint density at radius 3 is 2.22 bits per heavy atom. The topological polar surface area (TPSA) is 82.1 Å². The minimum Gasteiger partial charge on any atom is -0.457 e. The first-order valence-electron chi connectivity index (χ1n) is 11.8. The van der Waals surface area contributed by atoms with E-state index in [1.54, 1.807) is 14.1 Å². The number of nitrogens with one attached hydrogen (secondary N) is 1. The molecule has 0 aromatic heterocycles. The Bertz CT molecular complexity index is 1080. The average Bonchev–Trinajstić information content (AvgIpc) is 2.78. The van der Waals surface area contributed by atoms with E-state index in [1.807, 2.05) is 13.8 Å². The van der Waals surface area contributed by atoms with E-state index in [4.69, 9.17) is 4.74 Å². The van der Waals surface area contributed by atoms with Crippen molar-refractivity contribution >= 4 is 17.6 Å². The number of benzene rings is 2. The summed E-state index contributed by atoms with van der Waals surface area (Å²) in [5, 5.41) is 13.2. The first-order chi connectivity index (χ1) is 16.8. The van der Waals surface area contributed by atoms with Crippen LogP contribution in [-0.4, -0.2) is 59.6 Å². The molecular formula is C26H32F3N3O4. The first-order valence-corrected chi connectivity index (χ1v) is 11.8. The minimum atomic E-state index is -4.65. The van der Waals surface area contributed by atoms with Gasteiger partial charge in [0.05, 0.1) is 11.2 Å². The van der Waals surface area contributed by atoms with Crippen molar-refractivity contribution in [2.45, 2.75) is 44.9 Å². The van der Waals surface area contributed by atoms with Crippen LogP contribution in [-0.2, 0) is 6.18 Å². The van der Waals surface area contributed by atoms with Gasteiger partial charge in [0, 0.05) is 44.5 Å². The molecule has 1 fully saturated rings. The van der Waals surface area contributed by atoms with E-state index in [0.29, 0.717) is 43.8 Å². The Labute approximate surface area is 208 Å². The van der Waals surface area contributed by atoms with Crippen molar-refractivity contribution in [3.63, 3.8) is 0 Å². The summed E-state index contributed by atoms with van der Waals surface area (Å²) < 4.78 is 46.2. The lowest BCUT2D eigenvalue weighted by Crippen LogP contribution is -2.48. The van der Waals surface area contributed by atoms with E-state index in [1.165, 1.54) is 40.1 Å². The van der Waals surface area contributed by atoms with Crippen molar-refractivity contribution < 1.29 is 32.6 Å². The normalized spacial score (nSPS) is 15.5. The maximum Gasteiger partial charge on any atom is 0.416 e. The van der Waals surface area contributed by atoms with E-state index in [0.717, 1.165) is 12.1 Å². The molecule has 3 rings (SSSR count). The molecule has 1 aliphatic heterocycles. The molecule has 0 bridgehead atoms. The van der Waals surface area contributed by atoms with Gasteiger partial charge < -0.3 is 25.0 Å². The van der Waals surface area contributed by atoms with Crippen LogP contribution < -0.4 is 10.1 Å². The van der Waals surface area contributed by atoms with E-state index >= 15 is 0 Å². The Morgan fingerprint density at radius 1 is 1.08 bits per heavy atom. The molecule has 0 unspecified atom stereocenters. The van der Waals surface area contributed by atoms with Crippen LogP contribution in [0.1, 0.15) is 49.0 Å². The zero-order valence-electron chi connectivity index (χ0n) is 20.9. The fraction of sp³-hybridized carbons (Fsp3) is 0.462. The summed E-state index contributed by atoms with van der Waals surface area (Å²) in [5.74, 6) is 0.216. The zero-order valence-corrected chi connectivity index (χ0v) is 20.9. The maximum atomic E-state index is 13.5. The smallest absolute Gasteiger partial charge is 0.416 e. The van der Waals surface area contributed by atoms with Crippen molar-refractivity contribution in [2.75, 3.05) is 32.5 Å². The highest BCUT2D eigenvalue weighted by molar-refractivity contribution is 5.94. The third-order valence-corrected chi connectivity index (χ3v) is 6.00. The van der Waals surface area contributed by atoms with Crippen LogP contribution in [0.25, 0.3) is 0 Å². The minimum absolute atomic E-state index is 0.0627. The number of nitrogens with zero attached hydrogens (tertiary/aromatic N) is 2. The van der Waals surface area contributed by atoms with Crippen molar-refractivity contribution in [2.24, 2.45) is 5.92 Å². The molecule has 196 valence electrons. The largest absolute Gasteiger partial charge is 0.457 e. The summed E-state index contributed by atoms with van der Waals surface area (Å²) in [4.78, 5) is 27.7. The van der Waals surface area contributed by atoms with Crippen LogP contribution in [0.5, 0.6) is 11.5 Å². The molecule has 0 atom stereocenters. The first kappa shape index (κ1) is 27.3. The van der Waals surface area contributed by atoms with Crippen molar-refractivity contribution in [1.82, 2.24) is 9.80 Å². The Balaban J connectivity index is 1.74. The van der Waals surface area contributed by atoms with Crippen LogP contribution in [0.3, 0.4) is 0 Å². The Kier molecular flexibility index (Phi) is 8.18. The molecule has 2 N–H and O–H groups in total. The second kappa shape index (κ2) is 10.8. The van der Waals surface area contributed by atoms with E-state index < -0.39 is 23.4 Å². The molecule has 0 aliphatic carbocycles. The number of aliphatic hydroxyl groups is 1. The second-order valence-electron chi connectivity index (χ2n) is 9.81. The SMILES string of the molecule is CC(C)CC1(O)CCN(C(=O)Nc2cc(Oc3ccc(C(=O)N(C)C)cc3)cc(C(F)(F)F)c2)CC1. The molecule has 2 aromatic rings. The van der Waals surface area contributed by atoms with Gasteiger partial charge in [-0.15, -0.1) is 0 Å². The fourth-order valence-corrected chi connectivity index (χ4v) is 4.25. The molecule has 10 heteroatoms. The standard InChI is InChI=1S/C26H32F3N3O4/c1-17(2)16-25(35)9-11-32(12-10-25)24(34)30-20-13-19(26(27,28)29)14-22(15-20)36-21-7-5-18(6-8-21)23(33)31(3)4/h5-8,13-15,17,35H,9-12,16H2,1-4H3,(H,30,34). The van der Waals surface area contributed by atoms with Crippen LogP contribution in [0.4, 0.5) is 23.7 Å². The number of ether oxygens (including phenoxy) is 1. The van der Waals surface area contributed by atoms with Crippen molar-refractivity contribution in [3.05, 3.63) is 53.6 Å². The number of hydrogen-bond donors (Lipinski definition) is 2. The van der Waals surface area contributed by atoms with Gasteiger partial charge in [0.25, 0.3) is 5.91 Å². The van der Waals surface area contributed by atoms with E-state index in [2.05, 4.69) is 5.32 Å². The molecular weight excluding hydrogens is 475 g/mol. The average molecular weight is 508 g/mol. The molecule has 1 aliphatic rings.